The first kappa shape index (κ1) is 20.2. The standard InChI is InChI=1S/C21H23N5O3S/c1-12-13(2)30-21-18(12)20(29)24-16(25-21)5-7-23-19(28)15-8-17(27)26(11-15)10-14-4-3-6-22-9-14/h3-4,6,9,15H,5,7-8,10-11H2,1-2H3,(H,23,28)(H,24,25,29). The van der Waals surface area contributed by atoms with Crippen molar-refractivity contribution in [3.63, 3.8) is 0 Å². The molecule has 2 amide bonds. The van der Waals surface area contributed by atoms with Crippen LogP contribution in [0, 0.1) is 19.8 Å². The van der Waals surface area contributed by atoms with E-state index in [2.05, 4.69) is 20.3 Å². The number of aromatic amines is 1. The average molecular weight is 426 g/mol. The van der Waals surface area contributed by atoms with Crippen LogP contribution in [-0.2, 0) is 22.6 Å². The summed E-state index contributed by atoms with van der Waals surface area (Å²) in [5.41, 5.74) is 1.76. The lowest BCUT2D eigenvalue weighted by Crippen LogP contribution is -2.34. The number of aromatic nitrogens is 3. The molecule has 1 aliphatic heterocycles. The summed E-state index contributed by atoms with van der Waals surface area (Å²) in [6.45, 7) is 5.10. The lowest BCUT2D eigenvalue weighted by Gasteiger charge is -2.16. The number of nitrogens with zero attached hydrogens (tertiary/aromatic N) is 3. The van der Waals surface area contributed by atoms with E-state index >= 15 is 0 Å². The molecule has 0 aromatic carbocycles. The van der Waals surface area contributed by atoms with Crippen molar-refractivity contribution in [3.8, 4) is 0 Å². The van der Waals surface area contributed by atoms with Gasteiger partial charge >= 0.3 is 0 Å². The Morgan fingerprint density at radius 2 is 2.20 bits per heavy atom. The normalized spacial score (nSPS) is 16.4. The number of thiophene rings is 1. The number of fused-ring (bicyclic) bond motifs is 1. The lowest BCUT2D eigenvalue weighted by molar-refractivity contribution is -0.129. The zero-order chi connectivity index (χ0) is 21.3. The van der Waals surface area contributed by atoms with Crippen LogP contribution in [0.25, 0.3) is 10.2 Å². The van der Waals surface area contributed by atoms with Gasteiger partial charge in [-0.25, -0.2) is 4.98 Å². The minimum Gasteiger partial charge on any atom is -0.355 e. The minimum absolute atomic E-state index is 0.0288. The number of aryl methyl sites for hydroxylation is 2. The maximum atomic E-state index is 12.5. The predicted octanol–water partition coefficient (Wildman–Crippen LogP) is 1.70. The van der Waals surface area contributed by atoms with Crippen molar-refractivity contribution < 1.29 is 9.59 Å². The molecule has 1 saturated heterocycles. The van der Waals surface area contributed by atoms with Gasteiger partial charge in [0, 0.05) is 49.7 Å². The number of rotatable bonds is 6. The second kappa shape index (κ2) is 8.35. The molecular formula is C21H23N5O3S. The highest BCUT2D eigenvalue weighted by molar-refractivity contribution is 7.18. The smallest absolute Gasteiger partial charge is 0.259 e. The molecule has 9 heteroatoms. The van der Waals surface area contributed by atoms with E-state index in [-0.39, 0.29) is 29.7 Å². The van der Waals surface area contributed by atoms with E-state index in [9.17, 15) is 14.4 Å². The molecule has 4 heterocycles. The van der Waals surface area contributed by atoms with Crippen LogP contribution >= 0.6 is 11.3 Å². The quantitative estimate of drug-likeness (QED) is 0.625. The molecule has 156 valence electrons. The first-order chi connectivity index (χ1) is 14.4. The second-order valence-corrected chi connectivity index (χ2v) is 8.76. The molecule has 0 radical (unpaired) electrons. The van der Waals surface area contributed by atoms with Gasteiger partial charge in [-0.15, -0.1) is 11.3 Å². The molecular weight excluding hydrogens is 402 g/mol. The molecule has 8 nitrogen and oxygen atoms in total. The average Bonchev–Trinajstić information content (AvgIpc) is 3.22. The van der Waals surface area contributed by atoms with Crippen LogP contribution in [-0.4, -0.2) is 44.8 Å². The molecule has 1 aliphatic rings. The van der Waals surface area contributed by atoms with Gasteiger partial charge in [-0.1, -0.05) is 6.07 Å². The SMILES string of the molecule is Cc1sc2nc(CCNC(=O)C3CC(=O)N(Cc4cccnc4)C3)[nH]c(=O)c2c1C. The first-order valence-corrected chi connectivity index (χ1v) is 10.7. The predicted molar refractivity (Wildman–Crippen MR) is 114 cm³/mol. The molecule has 4 rings (SSSR count). The molecule has 30 heavy (non-hydrogen) atoms. The molecule has 3 aromatic heterocycles. The van der Waals surface area contributed by atoms with Gasteiger partial charge < -0.3 is 15.2 Å². The van der Waals surface area contributed by atoms with Gasteiger partial charge in [-0.05, 0) is 31.0 Å². The van der Waals surface area contributed by atoms with Crippen LogP contribution in [0.4, 0.5) is 0 Å². The van der Waals surface area contributed by atoms with Crippen LogP contribution in [0.1, 0.15) is 28.2 Å². The van der Waals surface area contributed by atoms with Crippen LogP contribution in [0.2, 0.25) is 0 Å². The molecule has 0 bridgehead atoms. The van der Waals surface area contributed by atoms with Crippen LogP contribution in [0.5, 0.6) is 0 Å². The summed E-state index contributed by atoms with van der Waals surface area (Å²) in [5.74, 6) is 0.00293. The van der Waals surface area contributed by atoms with E-state index in [0.29, 0.717) is 37.3 Å². The highest BCUT2D eigenvalue weighted by Crippen LogP contribution is 2.25. The Kier molecular flexibility index (Phi) is 5.63. The molecule has 1 unspecified atom stereocenters. The summed E-state index contributed by atoms with van der Waals surface area (Å²) in [4.78, 5) is 52.0. The van der Waals surface area contributed by atoms with Crippen LogP contribution in [0.3, 0.4) is 0 Å². The first-order valence-electron chi connectivity index (χ1n) is 9.85. The summed E-state index contributed by atoms with van der Waals surface area (Å²) in [7, 11) is 0. The minimum atomic E-state index is -0.369. The maximum Gasteiger partial charge on any atom is 0.259 e. The van der Waals surface area contributed by atoms with Gasteiger partial charge in [0.2, 0.25) is 11.8 Å². The van der Waals surface area contributed by atoms with Gasteiger partial charge in [0.15, 0.2) is 0 Å². The molecule has 1 atom stereocenters. The van der Waals surface area contributed by atoms with Crippen molar-refractivity contribution in [2.24, 2.45) is 5.92 Å². The Labute approximate surface area is 177 Å². The van der Waals surface area contributed by atoms with Crippen molar-refractivity contribution in [1.29, 1.82) is 0 Å². The van der Waals surface area contributed by atoms with Gasteiger partial charge in [-0.3, -0.25) is 19.4 Å². The Bertz CT molecular complexity index is 1150. The molecule has 0 aliphatic carbocycles. The van der Waals surface area contributed by atoms with E-state index in [1.165, 1.54) is 11.3 Å². The summed E-state index contributed by atoms with van der Waals surface area (Å²) in [5, 5.41) is 3.52. The van der Waals surface area contributed by atoms with Crippen molar-refractivity contribution in [3.05, 3.63) is 56.7 Å². The highest BCUT2D eigenvalue weighted by Gasteiger charge is 2.34. The van der Waals surface area contributed by atoms with Gasteiger partial charge in [0.25, 0.3) is 5.56 Å². The largest absolute Gasteiger partial charge is 0.355 e. The topological polar surface area (TPSA) is 108 Å². The van der Waals surface area contributed by atoms with Crippen molar-refractivity contribution in [2.75, 3.05) is 13.1 Å². The molecule has 3 aromatic rings. The van der Waals surface area contributed by atoms with E-state index in [1.807, 2.05) is 26.0 Å². The van der Waals surface area contributed by atoms with Gasteiger partial charge in [0.1, 0.15) is 10.7 Å². The Morgan fingerprint density at radius 1 is 1.37 bits per heavy atom. The van der Waals surface area contributed by atoms with Crippen LogP contribution < -0.4 is 10.9 Å². The lowest BCUT2D eigenvalue weighted by atomic mass is 10.1. The molecule has 2 N–H and O–H groups in total. The van der Waals surface area contributed by atoms with Gasteiger partial charge in [0.05, 0.1) is 11.3 Å². The fourth-order valence-corrected chi connectivity index (χ4v) is 4.73. The van der Waals surface area contributed by atoms with E-state index < -0.39 is 0 Å². The number of hydrogen-bond donors (Lipinski definition) is 2. The number of hydrogen-bond acceptors (Lipinski definition) is 6. The zero-order valence-electron chi connectivity index (χ0n) is 16.9. The summed E-state index contributed by atoms with van der Waals surface area (Å²) < 4.78 is 0. The number of amides is 2. The number of carbonyl (C=O) groups excluding carboxylic acids is 2. The zero-order valence-corrected chi connectivity index (χ0v) is 17.7. The van der Waals surface area contributed by atoms with Crippen LogP contribution in [0.15, 0.2) is 29.3 Å². The van der Waals surface area contributed by atoms with Gasteiger partial charge in [-0.2, -0.15) is 0 Å². The Morgan fingerprint density at radius 3 is 2.97 bits per heavy atom. The molecule has 0 spiro atoms. The number of likely N-dealkylation sites (tertiary alicyclic amines) is 1. The third kappa shape index (κ3) is 4.11. The molecule has 0 saturated carbocycles. The summed E-state index contributed by atoms with van der Waals surface area (Å²) >= 11 is 1.50. The number of H-pyrrole nitrogens is 1. The maximum absolute atomic E-state index is 12.5. The summed E-state index contributed by atoms with van der Waals surface area (Å²) in [6, 6.07) is 3.74. The number of carbonyl (C=O) groups is 2. The number of pyridine rings is 1. The van der Waals surface area contributed by atoms with Crippen molar-refractivity contribution in [2.45, 2.75) is 33.2 Å². The monoisotopic (exact) mass is 425 g/mol. The second-order valence-electron chi connectivity index (χ2n) is 7.55. The van der Waals surface area contributed by atoms with Crippen molar-refractivity contribution in [1.82, 2.24) is 25.2 Å². The Balaban J connectivity index is 1.32. The van der Waals surface area contributed by atoms with Crippen molar-refractivity contribution >= 4 is 33.4 Å². The van der Waals surface area contributed by atoms with E-state index in [1.54, 1.807) is 17.3 Å². The van der Waals surface area contributed by atoms with E-state index in [4.69, 9.17) is 0 Å². The van der Waals surface area contributed by atoms with E-state index in [0.717, 1.165) is 20.8 Å². The third-order valence-electron chi connectivity index (χ3n) is 5.43. The summed E-state index contributed by atoms with van der Waals surface area (Å²) in [6.07, 6.45) is 4.04. The Hall–Kier alpha value is -3.07. The fourth-order valence-electron chi connectivity index (χ4n) is 3.68. The fraction of sp³-hybridized carbons (Fsp3) is 0.381. The molecule has 1 fully saturated rings. The highest BCUT2D eigenvalue weighted by atomic mass is 32.1. The number of nitrogens with one attached hydrogen (secondary N) is 2. The third-order valence-corrected chi connectivity index (χ3v) is 6.53.